The van der Waals surface area contributed by atoms with Crippen LogP contribution in [-0.4, -0.2) is 43.6 Å². The number of hydrogen-bond acceptors (Lipinski definition) is 3. The number of halogens is 2. The average Bonchev–Trinajstić information content (AvgIpc) is 2.52. The molecule has 1 aliphatic heterocycles. The Morgan fingerprint density at radius 2 is 2.00 bits per heavy atom. The predicted octanol–water partition coefficient (Wildman–Crippen LogP) is 3.36. The van der Waals surface area contributed by atoms with Gasteiger partial charge in [0, 0.05) is 11.6 Å². The monoisotopic (exact) mass is 344 g/mol. The molecule has 0 radical (unpaired) electrons. The summed E-state index contributed by atoms with van der Waals surface area (Å²) in [5.74, 6) is 0.333. The van der Waals surface area contributed by atoms with E-state index >= 15 is 0 Å². The molecular formula is C16H22Cl2N2O2. The molecule has 1 amide bonds. The summed E-state index contributed by atoms with van der Waals surface area (Å²) in [6.07, 6.45) is 4.90. The van der Waals surface area contributed by atoms with Crippen LogP contribution in [0.25, 0.3) is 0 Å². The molecule has 6 heteroatoms. The summed E-state index contributed by atoms with van der Waals surface area (Å²) < 4.78 is 5.39. The molecule has 0 saturated carbocycles. The van der Waals surface area contributed by atoms with Gasteiger partial charge in [0.1, 0.15) is 5.75 Å². The highest BCUT2D eigenvalue weighted by atomic mass is 35.5. The van der Waals surface area contributed by atoms with Crippen LogP contribution in [0.15, 0.2) is 18.2 Å². The molecule has 1 fully saturated rings. The smallest absolute Gasteiger partial charge is 0.257 e. The van der Waals surface area contributed by atoms with E-state index in [9.17, 15) is 4.79 Å². The van der Waals surface area contributed by atoms with E-state index < -0.39 is 0 Å². The van der Waals surface area contributed by atoms with Crippen LogP contribution in [0, 0.1) is 0 Å². The maximum absolute atomic E-state index is 11.7. The lowest BCUT2D eigenvalue weighted by molar-refractivity contribution is -0.123. The highest BCUT2D eigenvalue weighted by molar-refractivity contribution is 6.35. The first-order valence-electron chi connectivity index (χ1n) is 7.72. The van der Waals surface area contributed by atoms with E-state index in [0.29, 0.717) is 22.3 Å². The van der Waals surface area contributed by atoms with E-state index in [0.717, 1.165) is 13.0 Å². The maximum Gasteiger partial charge on any atom is 0.257 e. The largest absolute Gasteiger partial charge is 0.482 e. The Bertz CT molecular complexity index is 491. The summed E-state index contributed by atoms with van der Waals surface area (Å²) in [5, 5.41) is 3.81. The number of amides is 1. The number of likely N-dealkylation sites (tertiary alicyclic amines) is 1. The van der Waals surface area contributed by atoms with Crippen LogP contribution in [0.5, 0.6) is 5.75 Å². The molecule has 22 heavy (non-hydrogen) atoms. The third kappa shape index (κ3) is 6.03. The summed E-state index contributed by atoms with van der Waals surface area (Å²) in [6, 6.07) is 4.93. The van der Waals surface area contributed by atoms with E-state index in [1.165, 1.54) is 32.4 Å². The number of ether oxygens (including phenoxy) is 1. The lowest BCUT2D eigenvalue weighted by atomic mass is 10.1. The molecule has 0 aromatic heterocycles. The van der Waals surface area contributed by atoms with Gasteiger partial charge in [0.2, 0.25) is 0 Å². The molecule has 0 atom stereocenters. The van der Waals surface area contributed by atoms with Crippen molar-refractivity contribution in [1.82, 2.24) is 10.2 Å². The fourth-order valence-corrected chi connectivity index (χ4v) is 2.96. The molecule has 0 aliphatic carbocycles. The van der Waals surface area contributed by atoms with Crippen LogP contribution < -0.4 is 10.1 Å². The van der Waals surface area contributed by atoms with Gasteiger partial charge in [0.15, 0.2) is 6.61 Å². The van der Waals surface area contributed by atoms with Crippen LogP contribution in [0.2, 0.25) is 10.0 Å². The molecule has 1 aromatic carbocycles. The van der Waals surface area contributed by atoms with Crippen LogP contribution in [0.1, 0.15) is 25.7 Å². The number of benzene rings is 1. The van der Waals surface area contributed by atoms with Crippen molar-refractivity contribution < 1.29 is 9.53 Å². The number of piperidine rings is 1. The summed E-state index contributed by atoms with van der Waals surface area (Å²) in [4.78, 5) is 14.2. The van der Waals surface area contributed by atoms with Crippen LogP contribution in [-0.2, 0) is 4.79 Å². The maximum atomic E-state index is 11.7. The number of nitrogens with zero attached hydrogens (tertiary/aromatic N) is 1. The second-order valence-corrected chi connectivity index (χ2v) is 6.31. The first kappa shape index (κ1) is 17.4. The fraction of sp³-hybridized carbons (Fsp3) is 0.562. The van der Waals surface area contributed by atoms with Crippen LogP contribution >= 0.6 is 23.2 Å². The zero-order valence-corrected chi connectivity index (χ0v) is 14.1. The quantitative estimate of drug-likeness (QED) is 0.771. The molecular weight excluding hydrogens is 323 g/mol. The molecule has 1 heterocycles. The van der Waals surface area contributed by atoms with Gasteiger partial charge in [-0.1, -0.05) is 29.6 Å². The highest BCUT2D eigenvalue weighted by Crippen LogP contribution is 2.27. The minimum atomic E-state index is -0.135. The van der Waals surface area contributed by atoms with Gasteiger partial charge in [-0.3, -0.25) is 4.79 Å². The second-order valence-electron chi connectivity index (χ2n) is 5.47. The molecule has 1 saturated heterocycles. The Kier molecular flexibility index (Phi) is 7.30. The standard InChI is InChI=1S/C16H22Cl2N2O2/c17-13-5-6-15(14(18)11-13)22-12-16(21)19-7-4-10-20-8-2-1-3-9-20/h5-6,11H,1-4,7-10,12H2,(H,19,21). The number of carbonyl (C=O) groups is 1. The van der Waals surface area contributed by atoms with E-state index in [2.05, 4.69) is 10.2 Å². The van der Waals surface area contributed by atoms with Crippen molar-refractivity contribution in [1.29, 1.82) is 0 Å². The van der Waals surface area contributed by atoms with Gasteiger partial charge < -0.3 is 15.0 Å². The first-order chi connectivity index (χ1) is 10.6. The first-order valence-corrected chi connectivity index (χ1v) is 8.47. The Hall–Kier alpha value is -0.970. The summed E-state index contributed by atoms with van der Waals surface area (Å²) in [6.45, 7) is 4.06. The van der Waals surface area contributed by atoms with Gasteiger partial charge in [0.25, 0.3) is 5.91 Å². The molecule has 4 nitrogen and oxygen atoms in total. The Morgan fingerprint density at radius 1 is 1.23 bits per heavy atom. The molecule has 1 aliphatic rings. The van der Waals surface area contributed by atoms with Crippen molar-refractivity contribution in [2.45, 2.75) is 25.7 Å². The number of carbonyl (C=O) groups excluding carboxylic acids is 1. The topological polar surface area (TPSA) is 41.6 Å². The van der Waals surface area contributed by atoms with Gasteiger partial charge in [0.05, 0.1) is 5.02 Å². The van der Waals surface area contributed by atoms with Gasteiger partial charge in [-0.15, -0.1) is 0 Å². The van der Waals surface area contributed by atoms with E-state index in [1.807, 2.05) is 0 Å². The molecule has 0 spiro atoms. The number of hydrogen-bond donors (Lipinski definition) is 1. The van der Waals surface area contributed by atoms with E-state index in [1.54, 1.807) is 18.2 Å². The zero-order valence-electron chi connectivity index (χ0n) is 12.6. The number of nitrogens with one attached hydrogen (secondary N) is 1. The number of rotatable bonds is 7. The normalized spacial score (nSPS) is 15.5. The van der Waals surface area contributed by atoms with E-state index in [-0.39, 0.29) is 12.5 Å². The van der Waals surface area contributed by atoms with Crippen molar-refractivity contribution in [3.05, 3.63) is 28.2 Å². The fourth-order valence-electron chi connectivity index (χ4n) is 2.50. The minimum Gasteiger partial charge on any atom is -0.482 e. The average molecular weight is 345 g/mol. The summed E-state index contributed by atoms with van der Waals surface area (Å²) >= 11 is 11.8. The van der Waals surface area contributed by atoms with Crippen molar-refractivity contribution in [2.24, 2.45) is 0 Å². The lowest BCUT2D eigenvalue weighted by Crippen LogP contribution is -2.34. The van der Waals surface area contributed by atoms with Crippen molar-refractivity contribution >= 4 is 29.1 Å². The lowest BCUT2D eigenvalue weighted by Gasteiger charge is -2.26. The summed E-state index contributed by atoms with van der Waals surface area (Å²) in [5.41, 5.74) is 0. The Labute approximate surface area is 141 Å². The second kappa shape index (κ2) is 9.23. The molecule has 0 bridgehead atoms. The van der Waals surface area contributed by atoms with Gasteiger partial charge >= 0.3 is 0 Å². The molecule has 1 aromatic rings. The van der Waals surface area contributed by atoms with Gasteiger partial charge in [-0.25, -0.2) is 0 Å². The van der Waals surface area contributed by atoms with Crippen molar-refractivity contribution in [3.63, 3.8) is 0 Å². The predicted molar refractivity (Wildman–Crippen MR) is 89.9 cm³/mol. The minimum absolute atomic E-state index is 0.0366. The van der Waals surface area contributed by atoms with Crippen molar-refractivity contribution in [3.8, 4) is 5.75 Å². The Balaban J connectivity index is 1.59. The SMILES string of the molecule is O=C(COc1ccc(Cl)cc1Cl)NCCCN1CCCCC1. The molecule has 0 unspecified atom stereocenters. The van der Waals surface area contributed by atoms with Gasteiger partial charge in [-0.2, -0.15) is 0 Å². The van der Waals surface area contributed by atoms with E-state index in [4.69, 9.17) is 27.9 Å². The summed E-state index contributed by atoms with van der Waals surface area (Å²) in [7, 11) is 0. The van der Waals surface area contributed by atoms with Crippen molar-refractivity contribution in [2.75, 3.05) is 32.8 Å². The van der Waals surface area contributed by atoms with Crippen LogP contribution in [0.4, 0.5) is 0 Å². The molecule has 122 valence electrons. The molecule has 2 rings (SSSR count). The highest BCUT2D eigenvalue weighted by Gasteiger charge is 2.10. The van der Waals surface area contributed by atoms with Crippen LogP contribution in [0.3, 0.4) is 0 Å². The zero-order chi connectivity index (χ0) is 15.8. The van der Waals surface area contributed by atoms with Gasteiger partial charge in [-0.05, 0) is 57.1 Å². The molecule has 1 N–H and O–H groups in total. The third-order valence-corrected chi connectivity index (χ3v) is 4.21. The third-order valence-electron chi connectivity index (χ3n) is 3.67. The Morgan fingerprint density at radius 3 is 2.73 bits per heavy atom.